The lowest BCUT2D eigenvalue weighted by atomic mass is 9.73. The summed E-state index contributed by atoms with van der Waals surface area (Å²) in [7, 11) is 1.49. The van der Waals surface area contributed by atoms with Crippen molar-refractivity contribution >= 4 is 27.0 Å². The third kappa shape index (κ3) is 7.89. The number of unbranched alkanes of at least 4 members (excludes halogenated alkanes) is 1. The van der Waals surface area contributed by atoms with Crippen LogP contribution in [0, 0.1) is 5.92 Å². The molecule has 260 valence electrons. The third-order valence-electron chi connectivity index (χ3n) is 10.5. The summed E-state index contributed by atoms with van der Waals surface area (Å²) in [5, 5.41) is 5.62. The molecule has 3 aromatic carbocycles. The summed E-state index contributed by atoms with van der Waals surface area (Å²) in [6.07, 6.45) is 5.98. The van der Waals surface area contributed by atoms with E-state index < -0.39 is 23.5 Å². The Balaban J connectivity index is 1.01. The number of alkyl halides is 2. The third-order valence-corrected chi connectivity index (χ3v) is 10.7. The molecule has 7 nitrogen and oxygen atoms in total. The largest absolute Gasteiger partial charge is 0.356 e. The van der Waals surface area contributed by atoms with Crippen LogP contribution in [0.5, 0.6) is 0 Å². The summed E-state index contributed by atoms with van der Waals surface area (Å²) >= 11 is 0. The van der Waals surface area contributed by atoms with Gasteiger partial charge in [0.25, 0.3) is 5.66 Å². The highest BCUT2D eigenvalue weighted by Crippen LogP contribution is 2.51. The predicted molar refractivity (Wildman–Crippen MR) is 191 cm³/mol. The minimum atomic E-state index is -3.11. The average Bonchev–Trinajstić information content (AvgIpc) is 3.41. The van der Waals surface area contributed by atoms with Crippen molar-refractivity contribution < 1.29 is 23.2 Å². The van der Waals surface area contributed by atoms with Gasteiger partial charge in [-0.15, -0.1) is 0 Å². The van der Waals surface area contributed by atoms with Gasteiger partial charge in [0.05, 0.1) is 12.6 Å². The Morgan fingerprint density at radius 1 is 0.796 bits per heavy atom. The first-order valence-corrected chi connectivity index (χ1v) is 18.2. The highest BCUT2D eigenvalue weighted by atomic mass is 31.0. The quantitative estimate of drug-likeness (QED) is 0.178. The van der Waals surface area contributed by atoms with Gasteiger partial charge in [-0.1, -0.05) is 94.5 Å². The molecule has 2 aliphatic heterocycles. The predicted octanol–water partition coefficient (Wildman–Crippen LogP) is 6.12. The van der Waals surface area contributed by atoms with Crippen LogP contribution in [0.4, 0.5) is 8.78 Å². The van der Waals surface area contributed by atoms with E-state index in [4.69, 9.17) is 0 Å². The van der Waals surface area contributed by atoms with Gasteiger partial charge < -0.3 is 15.5 Å². The molecule has 6 rings (SSSR count). The second kappa shape index (κ2) is 15.5. The van der Waals surface area contributed by atoms with Gasteiger partial charge in [0.15, 0.2) is 0 Å². The molecule has 1 aliphatic carbocycles. The Kier molecular flexibility index (Phi) is 11.1. The Morgan fingerprint density at radius 2 is 1.43 bits per heavy atom. The maximum Gasteiger partial charge on any atom is 0.275 e. The van der Waals surface area contributed by atoms with Crippen LogP contribution in [0.2, 0.25) is 0 Å². The summed E-state index contributed by atoms with van der Waals surface area (Å²) < 4.78 is 27.6. The van der Waals surface area contributed by atoms with Crippen LogP contribution in [0.1, 0.15) is 68.1 Å². The molecule has 2 N–H and O–H groups in total. The zero-order valence-corrected chi connectivity index (χ0v) is 29.2. The number of fused-ring (bicyclic) bond motifs is 3. The number of carbonyl (C=O) groups excluding carboxylic acids is 3. The minimum absolute atomic E-state index is 0.00200. The summed E-state index contributed by atoms with van der Waals surface area (Å²) in [6.45, 7) is 2.54. The molecule has 2 saturated heterocycles. The monoisotopic (exact) mass is 688 g/mol. The van der Waals surface area contributed by atoms with Crippen LogP contribution in [-0.2, 0) is 26.3 Å². The molecule has 0 bridgehead atoms. The first-order chi connectivity index (χ1) is 23.7. The van der Waals surface area contributed by atoms with Gasteiger partial charge in [-0.2, -0.15) is 0 Å². The summed E-state index contributed by atoms with van der Waals surface area (Å²) in [4.78, 5) is 44.9. The number of halogens is 2. The van der Waals surface area contributed by atoms with Crippen molar-refractivity contribution in [3.8, 4) is 11.1 Å². The molecule has 0 spiro atoms. The van der Waals surface area contributed by atoms with Crippen LogP contribution in [0.25, 0.3) is 11.1 Å². The normalized spacial score (nSPS) is 19.2. The fourth-order valence-corrected chi connectivity index (χ4v) is 8.13. The van der Waals surface area contributed by atoms with Gasteiger partial charge in [0.2, 0.25) is 17.7 Å². The number of benzene rings is 3. The smallest absolute Gasteiger partial charge is 0.275 e. The highest BCUT2D eigenvalue weighted by molar-refractivity contribution is 7.18. The Hall–Kier alpha value is -3.68. The molecule has 2 heterocycles. The molecule has 3 amide bonds. The fraction of sp³-hybridized carbons (Fsp3) is 0.462. The van der Waals surface area contributed by atoms with E-state index >= 15 is 0 Å². The molecular weight excluding hydrogens is 641 g/mol. The fourth-order valence-electron chi connectivity index (χ4n) is 8.02. The van der Waals surface area contributed by atoms with Crippen molar-refractivity contribution in [3.05, 3.63) is 95.6 Å². The summed E-state index contributed by atoms with van der Waals surface area (Å²) in [5.41, 5.74) is 0.537. The standard InChI is InChI=1S/C39H47F2N4O3P/c40-39(41,49)27-43-37(48)38(32-16-6-4-14-30(32)31-15-5-7-17-33(31)38)21-9-10-22-42-35(46)29-19-24-44(25-20-29)36(47)34-18-8-11-23-45(34)26-28-12-2-1-3-13-28/h1-7,12-17,29,34H,8-11,18-27,49H2,(H,42,46)(H,43,48). The average molecular weight is 689 g/mol. The van der Waals surface area contributed by atoms with Crippen molar-refractivity contribution in [1.29, 1.82) is 0 Å². The zero-order chi connectivity index (χ0) is 34.4. The van der Waals surface area contributed by atoms with E-state index in [0.717, 1.165) is 54.6 Å². The molecule has 0 saturated carbocycles. The number of nitrogens with one attached hydrogen (secondary N) is 2. The number of amides is 3. The van der Waals surface area contributed by atoms with Gasteiger partial charge >= 0.3 is 0 Å². The Bertz CT molecular complexity index is 1580. The van der Waals surface area contributed by atoms with Crippen LogP contribution in [0.3, 0.4) is 0 Å². The van der Waals surface area contributed by atoms with Gasteiger partial charge in [0.1, 0.15) is 5.41 Å². The second-order valence-corrected chi connectivity index (χ2v) is 14.6. The van der Waals surface area contributed by atoms with E-state index in [0.29, 0.717) is 51.7 Å². The maximum absolute atomic E-state index is 13.8. The number of nitrogens with zero attached hydrogens (tertiary/aromatic N) is 2. The molecule has 2 unspecified atom stereocenters. The minimum Gasteiger partial charge on any atom is -0.356 e. The second-order valence-electron chi connectivity index (χ2n) is 13.8. The van der Waals surface area contributed by atoms with Gasteiger partial charge in [-0.05, 0) is 79.3 Å². The van der Waals surface area contributed by atoms with E-state index in [2.05, 4.69) is 27.7 Å². The van der Waals surface area contributed by atoms with Crippen LogP contribution < -0.4 is 10.6 Å². The molecule has 2 atom stereocenters. The van der Waals surface area contributed by atoms with Crippen LogP contribution in [-0.4, -0.2) is 72.0 Å². The molecule has 2 fully saturated rings. The number of hydrogen-bond acceptors (Lipinski definition) is 4. The molecule has 0 aromatic heterocycles. The highest BCUT2D eigenvalue weighted by Gasteiger charge is 2.48. The van der Waals surface area contributed by atoms with E-state index in [1.807, 2.05) is 71.6 Å². The maximum atomic E-state index is 13.8. The number of hydrogen-bond donors (Lipinski definition) is 2. The van der Waals surface area contributed by atoms with E-state index in [1.54, 1.807) is 0 Å². The van der Waals surface area contributed by atoms with E-state index in [1.165, 1.54) is 14.8 Å². The lowest BCUT2D eigenvalue weighted by Crippen LogP contribution is -2.53. The van der Waals surface area contributed by atoms with Crippen molar-refractivity contribution in [1.82, 2.24) is 20.4 Å². The molecular formula is C39H47F2N4O3P. The number of rotatable bonds is 12. The number of piperidine rings is 2. The first-order valence-electron chi connectivity index (χ1n) is 17.7. The van der Waals surface area contributed by atoms with E-state index in [-0.39, 0.29) is 23.8 Å². The molecule has 3 aliphatic rings. The van der Waals surface area contributed by atoms with Crippen LogP contribution in [0.15, 0.2) is 78.9 Å². The van der Waals surface area contributed by atoms with Crippen molar-refractivity contribution in [2.45, 2.75) is 75.0 Å². The molecule has 0 radical (unpaired) electrons. The van der Waals surface area contributed by atoms with Crippen molar-refractivity contribution in [2.24, 2.45) is 5.92 Å². The molecule has 49 heavy (non-hydrogen) atoms. The lowest BCUT2D eigenvalue weighted by molar-refractivity contribution is -0.141. The van der Waals surface area contributed by atoms with E-state index in [9.17, 15) is 23.2 Å². The molecule has 3 aromatic rings. The number of likely N-dealkylation sites (tertiary alicyclic amines) is 2. The van der Waals surface area contributed by atoms with Gasteiger partial charge in [0, 0.05) is 32.1 Å². The van der Waals surface area contributed by atoms with Gasteiger partial charge in [-0.3, -0.25) is 19.3 Å². The molecule has 10 heteroatoms. The summed E-state index contributed by atoms with van der Waals surface area (Å²) in [5.74, 6) is -0.394. The van der Waals surface area contributed by atoms with Crippen molar-refractivity contribution in [2.75, 3.05) is 32.7 Å². The van der Waals surface area contributed by atoms with Crippen LogP contribution >= 0.6 is 9.24 Å². The Morgan fingerprint density at radius 3 is 2.08 bits per heavy atom. The summed E-state index contributed by atoms with van der Waals surface area (Å²) in [6, 6.07) is 25.6. The first kappa shape index (κ1) is 35.2. The van der Waals surface area contributed by atoms with Crippen molar-refractivity contribution in [3.63, 3.8) is 0 Å². The number of carbonyl (C=O) groups is 3. The van der Waals surface area contributed by atoms with Gasteiger partial charge in [-0.25, -0.2) is 8.78 Å². The SMILES string of the molecule is O=C(NCCCCC1(C(=O)NCC(F)(F)P)c2ccccc2-c2ccccc21)C1CCN(C(=O)C2CCCCN2Cc2ccccc2)CC1. The lowest BCUT2D eigenvalue weighted by Gasteiger charge is -2.40. The topological polar surface area (TPSA) is 81.8 Å². The Labute approximate surface area is 290 Å². The zero-order valence-electron chi connectivity index (χ0n) is 28.0.